The topological polar surface area (TPSA) is 39.9 Å². The Kier molecular flexibility index (Phi) is 5.43. The van der Waals surface area contributed by atoms with Crippen molar-refractivity contribution in [2.75, 3.05) is 0 Å². The molecule has 0 fully saturated rings. The molecule has 0 N–H and O–H groups in total. The first kappa shape index (κ1) is 19.9. The number of benzene rings is 3. The zero-order valence-electron chi connectivity index (χ0n) is 18.3. The summed E-state index contributed by atoms with van der Waals surface area (Å²) in [6.07, 6.45) is 3.36. The van der Waals surface area contributed by atoms with Gasteiger partial charge in [0.1, 0.15) is 5.82 Å². The van der Waals surface area contributed by atoms with Gasteiger partial charge < -0.3 is 9.30 Å². The average Bonchev–Trinajstić information content (AvgIpc) is 3.18. The molecule has 0 saturated carbocycles. The van der Waals surface area contributed by atoms with Crippen molar-refractivity contribution in [1.29, 1.82) is 0 Å². The molecule has 0 bridgehead atoms. The first-order chi connectivity index (χ1) is 16.3. The van der Waals surface area contributed by atoms with Gasteiger partial charge in [-0.1, -0.05) is 35.7 Å². The van der Waals surface area contributed by atoms with Gasteiger partial charge in [-0.15, -0.1) is 18.2 Å². The fourth-order valence-corrected chi connectivity index (χ4v) is 3.91. The normalized spacial score (nSPS) is 11.2. The molecular weight excluding hydrogens is 589 g/mol. The molecule has 160 valence electrons. The second-order valence-electron chi connectivity index (χ2n) is 7.30. The van der Waals surface area contributed by atoms with Crippen molar-refractivity contribution in [2.24, 2.45) is 0 Å². The van der Waals surface area contributed by atoms with Crippen LogP contribution in [0, 0.1) is 12.1 Å². The Balaban J connectivity index is 0.00000241. The fraction of sp³-hybridized carbons (Fsp3) is 0. The summed E-state index contributed by atoms with van der Waals surface area (Å²) in [5, 5.41) is 2.19. The van der Waals surface area contributed by atoms with Crippen LogP contribution in [0.1, 0.15) is 1.37 Å². The molecule has 0 radical (unpaired) electrons. The van der Waals surface area contributed by atoms with Crippen LogP contribution >= 0.6 is 0 Å². The minimum Gasteiger partial charge on any atom is -0.460 e. The standard InChI is InChI=1S/C28H17N3O.Pt/c1-2-11-25-23(10-1)24-15-14-21(19-26(24)31(25)27-12-3-5-16-29-27)20-8-7-9-22(18-20)32-28-13-4-6-17-30-28;/h1-17H;/q-2;+2/i3D;. The van der Waals surface area contributed by atoms with Crippen LogP contribution in [0.5, 0.6) is 11.6 Å². The maximum Gasteiger partial charge on any atom is 2.00 e. The van der Waals surface area contributed by atoms with Crippen molar-refractivity contribution >= 4 is 21.8 Å². The zero-order valence-corrected chi connectivity index (χ0v) is 19.6. The number of rotatable bonds is 4. The van der Waals surface area contributed by atoms with Gasteiger partial charge in [-0.3, -0.25) is 0 Å². The van der Waals surface area contributed by atoms with E-state index in [1.54, 1.807) is 24.5 Å². The van der Waals surface area contributed by atoms with Gasteiger partial charge in [0.15, 0.2) is 0 Å². The molecule has 4 nitrogen and oxygen atoms in total. The molecule has 0 aliphatic rings. The predicted octanol–water partition coefficient (Wildman–Crippen LogP) is 6.63. The summed E-state index contributed by atoms with van der Waals surface area (Å²) in [5.41, 5.74) is 3.68. The summed E-state index contributed by atoms with van der Waals surface area (Å²) < 4.78 is 16.0. The molecule has 0 unspecified atom stereocenters. The summed E-state index contributed by atoms with van der Waals surface area (Å²) >= 11 is 0. The fourth-order valence-electron chi connectivity index (χ4n) is 3.91. The van der Waals surface area contributed by atoms with Gasteiger partial charge in [-0.25, -0.2) is 21.1 Å². The number of hydrogen-bond donors (Lipinski definition) is 0. The van der Waals surface area contributed by atoms with Crippen LogP contribution in [0.15, 0.2) is 103 Å². The second kappa shape index (κ2) is 9.01. The number of pyridine rings is 2. The number of fused-ring (bicyclic) bond motifs is 3. The van der Waals surface area contributed by atoms with Crippen molar-refractivity contribution < 1.29 is 27.2 Å². The van der Waals surface area contributed by atoms with Crippen molar-refractivity contribution in [1.82, 2.24) is 14.5 Å². The van der Waals surface area contributed by atoms with Crippen LogP contribution < -0.4 is 4.74 Å². The number of aromatic nitrogens is 3. The minimum absolute atomic E-state index is 0. The number of hydrogen-bond acceptors (Lipinski definition) is 3. The molecule has 5 heteroatoms. The molecule has 0 saturated heterocycles. The molecule has 0 aliphatic heterocycles. The number of nitrogens with zero attached hydrogens (tertiary/aromatic N) is 3. The molecule has 0 atom stereocenters. The average molecular weight is 608 g/mol. The molecule has 3 heterocycles. The molecule has 0 aliphatic carbocycles. The van der Waals surface area contributed by atoms with Crippen molar-refractivity contribution in [3.63, 3.8) is 0 Å². The molecule has 6 aromatic rings. The van der Waals surface area contributed by atoms with Crippen LogP contribution in [0.4, 0.5) is 0 Å². The Hall–Kier alpha value is -3.75. The van der Waals surface area contributed by atoms with E-state index in [9.17, 15) is 0 Å². The third-order valence-electron chi connectivity index (χ3n) is 5.31. The van der Waals surface area contributed by atoms with E-state index in [2.05, 4.69) is 44.9 Å². The maximum absolute atomic E-state index is 8.06. The van der Waals surface area contributed by atoms with E-state index in [4.69, 9.17) is 6.11 Å². The van der Waals surface area contributed by atoms with E-state index in [0.717, 1.165) is 32.9 Å². The summed E-state index contributed by atoms with van der Waals surface area (Å²) in [5.74, 6) is 1.80. The van der Waals surface area contributed by atoms with E-state index in [-0.39, 0.29) is 21.1 Å². The molecule has 3 aromatic heterocycles. The third kappa shape index (κ3) is 3.94. The molecule has 6 rings (SSSR count). The summed E-state index contributed by atoms with van der Waals surface area (Å²) in [6, 6.07) is 34.4. The molecule has 0 amide bonds. The number of para-hydroxylation sites is 1. The number of ether oxygens (including phenoxy) is 1. The second-order valence-corrected chi connectivity index (χ2v) is 7.30. The van der Waals surface area contributed by atoms with Gasteiger partial charge in [0, 0.05) is 29.7 Å². The quantitative estimate of drug-likeness (QED) is 0.211. The van der Waals surface area contributed by atoms with Gasteiger partial charge in [0.25, 0.3) is 0 Å². The van der Waals surface area contributed by atoms with Crippen LogP contribution in [-0.2, 0) is 21.1 Å². The largest absolute Gasteiger partial charge is 2.00 e. The van der Waals surface area contributed by atoms with Gasteiger partial charge in [0.05, 0.1) is 1.37 Å². The van der Waals surface area contributed by atoms with Crippen molar-refractivity contribution in [3.05, 3.63) is 115 Å². The Labute approximate surface area is 207 Å². The van der Waals surface area contributed by atoms with Crippen molar-refractivity contribution in [2.45, 2.75) is 0 Å². The summed E-state index contributed by atoms with van der Waals surface area (Å²) in [6.45, 7) is 0. The van der Waals surface area contributed by atoms with Crippen LogP contribution in [0.25, 0.3) is 38.8 Å². The Morgan fingerprint density at radius 3 is 2.45 bits per heavy atom. The van der Waals surface area contributed by atoms with E-state index in [1.807, 2.05) is 54.6 Å². The third-order valence-corrected chi connectivity index (χ3v) is 5.31. The van der Waals surface area contributed by atoms with Crippen LogP contribution in [-0.4, -0.2) is 14.5 Å². The summed E-state index contributed by atoms with van der Waals surface area (Å²) in [4.78, 5) is 8.75. The predicted molar refractivity (Wildman–Crippen MR) is 126 cm³/mol. The van der Waals surface area contributed by atoms with Gasteiger partial charge >= 0.3 is 21.1 Å². The van der Waals surface area contributed by atoms with E-state index in [0.29, 0.717) is 23.5 Å². The van der Waals surface area contributed by atoms with Gasteiger partial charge in [-0.05, 0) is 35.2 Å². The smallest absolute Gasteiger partial charge is 0.460 e. The first-order valence-corrected chi connectivity index (χ1v) is 10.3. The molecule has 0 spiro atoms. The monoisotopic (exact) mass is 607 g/mol. The SMILES string of the molecule is [2H]c1ccnc(-n2c3[c-]c(-c4[c-]c(Oc5ccccn5)ccc4)ccc3c3ccccc32)c1.[Pt+2]. The van der Waals surface area contributed by atoms with E-state index >= 15 is 0 Å². The van der Waals surface area contributed by atoms with Crippen LogP contribution in [0.2, 0.25) is 0 Å². The first-order valence-electron chi connectivity index (χ1n) is 10.8. The van der Waals surface area contributed by atoms with Gasteiger partial charge in [0.2, 0.25) is 5.88 Å². The Morgan fingerprint density at radius 2 is 1.58 bits per heavy atom. The van der Waals surface area contributed by atoms with Gasteiger partial charge in [-0.2, -0.15) is 24.3 Å². The molecule has 33 heavy (non-hydrogen) atoms. The molecule has 3 aromatic carbocycles. The zero-order chi connectivity index (χ0) is 22.2. The van der Waals surface area contributed by atoms with Crippen LogP contribution in [0.3, 0.4) is 0 Å². The minimum atomic E-state index is 0. The van der Waals surface area contributed by atoms with E-state index < -0.39 is 0 Å². The van der Waals surface area contributed by atoms with E-state index in [1.165, 1.54) is 0 Å². The van der Waals surface area contributed by atoms with Crippen molar-refractivity contribution in [3.8, 4) is 28.6 Å². The maximum atomic E-state index is 8.06. The Bertz CT molecular complexity index is 1620. The summed E-state index contributed by atoms with van der Waals surface area (Å²) in [7, 11) is 0. The Morgan fingerprint density at radius 1 is 0.727 bits per heavy atom. The molecular formula is C28H17N3OPt.